The lowest BCUT2D eigenvalue weighted by Gasteiger charge is -2.34. The molecule has 8 nitrogen and oxygen atoms in total. The van der Waals surface area contributed by atoms with E-state index in [0.717, 1.165) is 51.4 Å². The smallest absolute Gasteiger partial charge is 0.306 e. The number of esters is 2. The molecule has 0 rings (SSSR count). The molecule has 0 aromatic rings. The van der Waals surface area contributed by atoms with E-state index < -0.39 is 18.1 Å². The molecule has 60 heavy (non-hydrogen) atoms. The van der Waals surface area contributed by atoms with Gasteiger partial charge in [-0.1, -0.05) is 205 Å². The number of carboxylic acid groups (broad SMARTS) is 1. The average molecular weight is 848 g/mol. The van der Waals surface area contributed by atoms with Gasteiger partial charge in [-0.3, -0.25) is 9.59 Å². The van der Waals surface area contributed by atoms with Crippen molar-refractivity contribution in [3.8, 4) is 0 Å². The minimum Gasteiger partial charge on any atom is -0.544 e. The van der Waals surface area contributed by atoms with Crippen LogP contribution in [0.15, 0.2) is 24.3 Å². The number of carbonyl (C=O) groups excluding carboxylic acids is 3. The van der Waals surface area contributed by atoms with E-state index in [1.54, 1.807) is 21.1 Å². The van der Waals surface area contributed by atoms with Crippen molar-refractivity contribution in [1.29, 1.82) is 0 Å². The summed E-state index contributed by atoms with van der Waals surface area (Å²) in [4.78, 5) is 37.0. The Morgan fingerprint density at radius 2 is 0.867 bits per heavy atom. The Morgan fingerprint density at radius 3 is 1.27 bits per heavy atom. The molecule has 0 amide bonds. The van der Waals surface area contributed by atoms with Gasteiger partial charge in [-0.25, -0.2) is 0 Å². The van der Waals surface area contributed by atoms with Gasteiger partial charge in [0.2, 0.25) is 0 Å². The Hall–Kier alpha value is -2.19. The Bertz CT molecular complexity index is 1040. The lowest BCUT2D eigenvalue weighted by atomic mass is 10.0. The predicted molar refractivity (Wildman–Crippen MR) is 250 cm³/mol. The standard InChI is InChI=1S/C52H97NO7/c1-6-8-10-12-14-16-18-20-22-24-25-26-27-29-30-32-34-36-38-40-42-50(54)59-47-48(46-58-45-44-49(52(56)57)53(3,4)5)60-51(55)43-41-39-37-35-33-31-28-23-21-19-17-15-13-11-9-7-2/h23,28,31,33,48-49H,6-22,24-27,29-30,32,34-47H2,1-5H3/b28-23+,33-31+. The van der Waals surface area contributed by atoms with E-state index in [4.69, 9.17) is 14.2 Å². The van der Waals surface area contributed by atoms with E-state index >= 15 is 0 Å². The molecule has 0 aromatic heterocycles. The van der Waals surface area contributed by atoms with Gasteiger partial charge in [0.1, 0.15) is 12.6 Å². The van der Waals surface area contributed by atoms with Crippen molar-refractivity contribution in [3.05, 3.63) is 24.3 Å². The van der Waals surface area contributed by atoms with Crippen molar-refractivity contribution in [3.63, 3.8) is 0 Å². The van der Waals surface area contributed by atoms with Crippen molar-refractivity contribution in [2.24, 2.45) is 0 Å². The van der Waals surface area contributed by atoms with Crippen LogP contribution in [0.25, 0.3) is 0 Å². The zero-order valence-corrected chi connectivity index (χ0v) is 40.1. The van der Waals surface area contributed by atoms with E-state index in [9.17, 15) is 19.5 Å². The highest BCUT2D eigenvalue weighted by atomic mass is 16.6. The average Bonchev–Trinajstić information content (AvgIpc) is 3.21. The molecule has 0 radical (unpaired) electrons. The molecule has 0 aliphatic heterocycles. The van der Waals surface area contributed by atoms with Gasteiger partial charge in [0.15, 0.2) is 6.10 Å². The van der Waals surface area contributed by atoms with Crippen LogP contribution in [-0.2, 0) is 28.6 Å². The zero-order valence-electron chi connectivity index (χ0n) is 40.1. The van der Waals surface area contributed by atoms with Gasteiger partial charge in [0.05, 0.1) is 40.3 Å². The molecule has 0 fully saturated rings. The van der Waals surface area contributed by atoms with Gasteiger partial charge < -0.3 is 28.6 Å². The molecule has 0 spiro atoms. The molecule has 0 aliphatic rings. The van der Waals surface area contributed by atoms with Crippen LogP contribution < -0.4 is 5.11 Å². The van der Waals surface area contributed by atoms with Gasteiger partial charge in [0.25, 0.3) is 0 Å². The Balaban J connectivity index is 4.25. The number of aliphatic carboxylic acids is 1. The van der Waals surface area contributed by atoms with Crippen LogP contribution in [0, 0.1) is 0 Å². The molecule has 8 heteroatoms. The number of carboxylic acids is 1. The quantitative estimate of drug-likeness (QED) is 0.0260. The summed E-state index contributed by atoms with van der Waals surface area (Å²) in [7, 11) is 5.41. The Labute approximate surface area is 371 Å². The number of ether oxygens (including phenoxy) is 3. The van der Waals surface area contributed by atoms with E-state index in [2.05, 4.69) is 38.2 Å². The van der Waals surface area contributed by atoms with E-state index in [-0.39, 0.29) is 42.7 Å². The summed E-state index contributed by atoms with van der Waals surface area (Å²) >= 11 is 0. The van der Waals surface area contributed by atoms with Crippen LogP contribution in [0.3, 0.4) is 0 Å². The van der Waals surface area contributed by atoms with Gasteiger partial charge in [0, 0.05) is 19.3 Å². The first-order chi connectivity index (χ1) is 29.1. The van der Waals surface area contributed by atoms with Crippen LogP contribution in [0.4, 0.5) is 0 Å². The topological polar surface area (TPSA) is 102 Å². The normalized spacial score (nSPS) is 13.0. The third-order valence-electron chi connectivity index (χ3n) is 11.6. The number of quaternary nitrogens is 1. The molecule has 352 valence electrons. The van der Waals surface area contributed by atoms with Crippen molar-refractivity contribution < 1.29 is 38.2 Å². The third kappa shape index (κ3) is 41.2. The molecular formula is C52H97NO7. The molecule has 0 saturated carbocycles. The highest BCUT2D eigenvalue weighted by molar-refractivity contribution is 5.70. The second-order valence-electron chi connectivity index (χ2n) is 18.4. The number of allylic oxidation sites excluding steroid dienone is 4. The summed E-state index contributed by atoms with van der Waals surface area (Å²) in [5.74, 6) is -1.75. The number of rotatable bonds is 46. The fourth-order valence-electron chi connectivity index (χ4n) is 7.65. The van der Waals surface area contributed by atoms with Crippen molar-refractivity contribution >= 4 is 17.9 Å². The third-order valence-corrected chi connectivity index (χ3v) is 11.6. The van der Waals surface area contributed by atoms with Gasteiger partial charge >= 0.3 is 11.9 Å². The molecule has 0 saturated heterocycles. The van der Waals surface area contributed by atoms with Crippen molar-refractivity contribution in [2.75, 3.05) is 41.0 Å². The monoisotopic (exact) mass is 848 g/mol. The minimum absolute atomic E-state index is 0.0342. The highest BCUT2D eigenvalue weighted by Gasteiger charge is 2.25. The number of likely N-dealkylation sites (N-methyl/N-ethyl adjacent to an activating group) is 1. The second-order valence-corrected chi connectivity index (χ2v) is 18.4. The molecule has 0 aliphatic carbocycles. The fourth-order valence-corrected chi connectivity index (χ4v) is 7.65. The summed E-state index contributed by atoms with van der Waals surface area (Å²) in [5, 5.41) is 11.6. The largest absolute Gasteiger partial charge is 0.544 e. The van der Waals surface area contributed by atoms with Crippen LogP contribution in [0.1, 0.15) is 239 Å². The highest BCUT2D eigenvalue weighted by Crippen LogP contribution is 2.16. The number of nitrogens with zero attached hydrogens (tertiary/aromatic N) is 1. The molecule has 0 bridgehead atoms. The molecular weight excluding hydrogens is 751 g/mol. The maximum absolute atomic E-state index is 12.7. The van der Waals surface area contributed by atoms with Gasteiger partial charge in [-0.05, 0) is 38.5 Å². The van der Waals surface area contributed by atoms with Crippen LogP contribution >= 0.6 is 0 Å². The Morgan fingerprint density at radius 1 is 0.500 bits per heavy atom. The molecule has 0 N–H and O–H groups in total. The molecule has 2 atom stereocenters. The summed E-state index contributed by atoms with van der Waals surface area (Å²) in [6.07, 6.45) is 49.2. The molecule has 0 aromatic carbocycles. The fraction of sp³-hybridized carbons (Fsp3) is 0.865. The number of hydrogen-bond donors (Lipinski definition) is 0. The van der Waals surface area contributed by atoms with E-state index in [1.807, 2.05) is 0 Å². The van der Waals surface area contributed by atoms with Crippen molar-refractivity contribution in [2.45, 2.75) is 251 Å². The summed E-state index contributed by atoms with van der Waals surface area (Å²) in [6, 6.07) is -0.728. The maximum atomic E-state index is 12.7. The second kappa shape index (κ2) is 43.5. The first-order valence-corrected chi connectivity index (χ1v) is 25.4. The van der Waals surface area contributed by atoms with E-state index in [0.29, 0.717) is 12.8 Å². The maximum Gasteiger partial charge on any atom is 0.306 e. The first kappa shape index (κ1) is 57.8. The predicted octanol–water partition coefficient (Wildman–Crippen LogP) is 13.1. The summed E-state index contributed by atoms with van der Waals surface area (Å²) < 4.78 is 17.2. The van der Waals surface area contributed by atoms with Crippen LogP contribution in [-0.4, -0.2) is 75.5 Å². The van der Waals surface area contributed by atoms with Crippen molar-refractivity contribution in [1.82, 2.24) is 0 Å². The number of hydrogen-bond acceptors (Lipinski definition) is 7. The Kier molecular flexibility index (Phi) is 41.9. The first-order valence-electron chi connectivity index (χ1n) is 25.4. The molecule has 2 unspecified atom stereocenters. The minimum atomic E-state index is -1.13. The molecule has 0 heterocycles. The van der Waals surface area contributed by atoms with E-state index in [1.165, 1.54) is 154 Å². The lowest BCUT2D eigenvalue weighted by Crippen LogP contribution is -2.55. The van der Waals surface area contributed by atoms with Gasteiger partial charge in [-0.2, -0.15) is 0 Å². The lowest BCUT2D eigenvalue weighted by molar-refractivity contribution is -0.889. The zero-order chi connectivity index (χ0) is 44.2. The van der Waals surface area contributed by atoms with Gasteiger partial charge in [-0.15, -0.1) is 0 Å². The number of carbonyl (C=O) groups is 3. The van der Waals surface area contributed by atoms with Crippen LogP contribution in [0.5, 0.6) is 0 Å². The summed E-state index contributed by atoms with van der Waals surface area (Å²) in [6.45, 7) is 4.67. The number of unbranched alkanes of at least 4 members (excludes halogenated alkanes) is 29. The summed E-state index contributed by atoms with van der Waals surface area (Å²) in [5.41, 5.74) is 0. The SMILES string of the molecule is CCCCCCCCC/C=C/C=C/CCCCCC(=O)OC(COCCC(C(=O)[O-])[N+](C)(C)C)COC(=O)CCCCCCCCCCCCCCCCCCCCCC. The van der Waals surface area contributed by atoms with Crippen LogP contribution in [0.2, 0.25) is 0 Å².